The molecule has 0 N–H and O–H groups in total. The number of nitrogens with zero attached hydrogens (tertiary/aromatic N) is 4. The van der Waals surface area contributed by atoms with Gasteiger partial charge in [0.25, 0.3) is 0 Å². The smallest absolute Gasteiger partial charge is 0.164 e. The normalized spacial score (nSPS) is 12.1. The van der Waals surface area contributed by atoms with Gasteiger partial charge in [-0.2, -0.15) is 0 Å². The Kier molecular flexibility index (Phi) is 7.46. The van der Waals surface area contributed by atoms with Gasteiger partial charge in [-0.3, -0.25) is 0 Å². The number of thiophene rings is 1. The molecule has 0 atom stereocenters. The predicted molar refractivity (Wildman–Crippen MR) is 263 cm³/mol. The highest BCUT2D eigenvalue weighted by Gasteiger charge is 2.22. The Morgan fingerprint density at radius 1 is 0.328 bits per heavy atom. The van der Waals surface area contributed by atoms with Gasteiger partial charge in [0.15, 0.2) is 17.5 Å². The second-order valence-corrected chi connectivity index (χ2v) is 17.4. The van der Waals surface area contributed by atoms with Crippen LogP contribution in [-0.2, 0) is 0 Å². The maximum absolute atomic E-state index is 6.72. The molecular formula is C57H32N4O2S. The Bertz CT molecular complexity index is 4210. The van der Waals surface area contributed by atoms with Gasteiger partial charge in [0.05, 0.1) is 22.1 Å². The minimum atomic E-state index is 0.538. The lowest BCUT2D eigenvalue weighted by Crippen LogP contribution is -2.01. The van der Waals surface area contributed by atoms with Crippen molar-refractivity contribution in [2.24, 2.45) is 0 Å². The zero-order valence-electron chi connectivity index (χ0n) is 34.0. The first kappa shape index (κ1) is 35.2. The molecule has 0 spiro atoms. The first-order chi connectivity index (χ1) is 31.7. The molecule has 0 radical (unpaired) electrons. The molecule has 0 aliphatic carbocycles. The molecule has 0 saturated heterocycles. The van der Waals surface area contributed by atoms with Crippen LogP contribution < -0.4 is 0 Å². The van der Waals surface area contributed by atoms with Crippen LogP contribution in [0, 0.1) is 0 Å². The minimum absolute atomic E-state index is 0.538. The summed E-state index contributed by atoms with van der Waals surface area (Å²) in [6.45, 7) is 0. The average Bonchev–Trinajstić information content (AvgIpc) is 4.12. The first-order valence-corrected chi connectivity index (χ1v) is 22.1. The molecule has 14 rings (SSSR count). The van der Waals surface area contributed by atoms with Crippen molar-refractivity contribution >= 4 is 97.2 Å². The molecule has 6 nitrogen and oxygen atoms in total. The van der Waals surface area contributed by atoms with Crippen molar-refractivity contribution in [2.45, 2.75) is 0 Å². The predicted octanol–water partition coefficient (Wildman–Crippen LogP) is 15.8. The molecule has 5 aromatic heterocycles. The lowest BCUT2D eigenvalue weighted by atomic mass is 10.0. The molecule has 7 heteroatoms. The number of furan rings is 2. The fourth-order valence-electron chi connectivity index (χ4n) is 9.67. The summed E-state index contributed by atoms with van der Waals surface area (Å²) in [5.74, 6) is 1.67. The molecule has 0 saturated carbocycles. The summed E-state index contributed by atoms with van der Waals surface area (Å²) in [6, 6.07) is 68.1. The van der Waals surface area contributed by atoms with Gasteiger partial charge in [-0.05, 0) is 83.9 Å². The Morgan fingerprint density at radius 2 is 0.891 bits per heavy atom. The van der Waals surface area contributed by atoms with Crippen LogP contribution in [0.1, 0.15) is 0 Å². The SMILES string of the molecule is c1ccc(-c2nc(-c3ccc4c(c3)oc3ccccc34)nc(-c3cc(-n4c5ccccc5c5cc(-c6ccc7sc8ccccc8c7c6)ccc54)c4c(c3)oc3ccccc34)n2)cc1. The zero-order chi connectivity index (χ0) is 41.9. The van der Waals surface area contributed by atoms with E-state index in [1.165, 1.54) is 42.1 Å². The molecule has 14 aromatic rings. The molecular weight excluding hydrogens is 805 g/mol. The van der Waals surface area contributed by atoms with Gasteiger partial charge in [-0.1, -0.05) is 121 Å². The summed E-state index contributed by atoms with van der Waals surface area (Å²) < 4.78 is 18.0. The third kappa shape index (κ3) is 5.35. The third-order valence-corrected chi connectivity index (χ3v) is 13.8. The Balaban J connectivity index is 0.999. The fourth-order valence-corrected chi connectivity index (χ4v) is 10.8. The van der Waals surface area contributed by atoms with E-state index in [0.717, 1.165) is 77.3 Å². The largest absolute Gasteiger partial charge is 0.456 e. The van der Waals surface area contributed by atoms with Crippen LogP contribution in [0.2, 0.25) is 0 Å². The van der Waals surface area contributed by atoms with Crippen molar-refractivity contribution in [1.82, 2.24) is 19.5 Å². The molecule has 0 fully saturated rings. The molecule has 0 unspecified atom stereocenters. The third-order valence-electron chi connectivity index (χ3n) is 12.6. The number of benzene rings is 9. The van der Waals surface area contributed by atoms with E-state index >= 15 is 0 Å². The van der Waals surface area contributed by atoms with Crippen molar-refractivity contribution in [3.63, 3.8) is 0 Å². The average molecular weight is 837 g/mol. The number of hydrogen-bond acceptors (Lipinski definition) is 6. The Hall–Kier alpha value is -8.39. The van der Waals surface area contributed by atoms with Gasteiger partial charge < -0.3 is 13.4 Å². The van der Waals surface area contributed by atoms with Crippen LogP contribution in [-0.4, -0.2) is 19.5 Å². The van der Waals surface area contributed by atoms with Crippen molar-refractivity contribution in [3.8, 4) is 51.0 Å². The molecule has 298 valence electrons. The van der Waals surface area contributed by atoms with E-state index in [-0.39, 0.29) is 0 Å². The van der Waals surface area contributed by atoms with Crippen molar-refractivity contribution < 1.29 is 8.83 Å². The van der Waals surface area contributed by atoms with E-state index in [9.17, 15) is 0 Å². The summed E-state index contributed by atoms with van der Waals surface area (Å²) in [6.07, 6.45) is 0. The molecule has 0 aliphatic heterocycles. The first-order valence-electron chi connectivity index (χ1n) is 21.3. The zero-order valence-corrected chi connectivity index (χ0v) is 34.8. The van der Waals surface area contributed by atoms with Gasteiger partial charge in [-0.15, -0.1) is 11.3 Å². The topological polar surface area (TPSA) is 69.9 Å². The monoisotopic (exact) mass is 836 g/mol. The summed E-state index contributed by atoms with van der Waals surface area (Å²) in [5.41, 5.74) is 11.3. The van der Waals surface area contributed by atoms with Crippen LogP contribution in [0.15, 0.2) is 203 Å². The minimum Gasteiger partial charge on any atom is -0.456 e. The number of para-hydroxylation sites is 3. The molecule has 9 aromatic carbocycles. The van der Waals surface area contributed by atoms with Crippen LogP contribution in [0.25, 0.3) is 137 Å². The van der Waals surface area contributed by atoms with Crippen LogP contribution in [0.4, 0.5) is 0 Å². The highest BCUT2D eigenvalue weighted by Crippen LogP contribution is 2.43. The molecule has 64 heavy (non-hydrogen) atoms. The fraction of sp³-hybridized carbons (Fsp3) is 0. The molecule has 0 aliphatic rings. The second kappa shape index (κ2) is 13.6. The summed E-state index contributed by atoms with van der Waals surface area (Å²) in [4.78, 5) is 15.5. The van der Waals surface area contributed by atoms with E-state index in [0.29, 0.717) is 17.5 Å². The summed E-state index contributed by atoms with van der Waals surface area (Å²) >= 11 is 1.85. The second-order valence-electron chi connectivity index (χ2n) is 16.3. The van der Waals surface area contributed by atoms with E-state index in [2.05, 4.69) is 132 Å². The van der Waals surface area contributed by atoms with Crippen LogP contribution in [0.5, 0.6) is 0 Å². The quantitative estimate of drug-likeness (QED) is 0.173. The standard InChI is InChI=1S/C57H32N4O2S/c1-2-12-33(13-3-1)55-58-56(36-22-25-40-39-15-5-9-19-48(39)62-50(40)31-36)60-57(59-55)37-30-47(54-42-17-6-10-20-49(42)63-51(54)32-37)61-45-18-8-4-14-38(45)43-28-34(23-26-46(43)61)35-24-27-53-44(29-35)41-16-7-11-21-52(41)64-53/h1-32H. The van der Waals surface area contributed by atoms with Gasteiger partial charge in [0.1, 0.15) is 22.3 Å². The van der Waals surface area contributed by atoms with Gasteiger partial charge in [0.2, 0.25) is 0 Å². The maximum Gasteiger partial charge on any atom is 0.164 e. The van der Waals surface area contributed by atoms with Gasteiger partial charge >= 0.3 is 0 Å². The van der Waals surface area contributed by atoms with Crippen molar-refractivity contribution in [3.05, 3.63) is 194 Å². The molecule has 5 heterocycles. The van der Waals surface area contributed by atoms with Gasteiger partial charge in [0, 0.05) is 63.8 Å². The van der Waals surface area contributed by atoms with Crippen molar-refractivity contribution in [1.29, 1.82) is 0 Å². The van der Waals surface area contributed by atoms with E-state index in [4.69, 9.17) is 23.8 Å². The number of hydrogen-bond donors (Lipinski definition) is 0. The van der Waals surface area contributed by atoms with Crippen LogP contribution >= 0.6 is 11.3 Å². The van der Waals surface area contributed by atoms with E-state index in [1.54, 1.807) is 0 Å². The van der Waals surface area contributed by atoms with Gasteiger partial charge in [-0.25, -0.2) is 15.0 Å². The highest BCUT2D eigenvalue weighted by molar-refractivity contribution is 7.25. The number of aromatic nitrogens is 4. The summed E-state index contributed by atoms with van der Waals surface area (Å²) in [5, 5.41) is 9.11. The maximum atomic E-state index is 6.72. The number of fused-ring (bicyclic) bond motifs is 12. The lowest BCUT2D eigenvalue weighted by Gasteiger charge is -2.13. The van der Waals surface area contributed by atoms with Crippen molar-refractivity contribution in [2.75, 3.05) is 0 Å². The van der Waals surface area contributed by atoms with Crippen LogP contribution in [0.3, 0.4) is 0 Å². The molecule has 0 amide bonds. The van der Waals surface area contributed by atoms with E-state index in [1.807, 2.05) is 78.1 Å². The Morgan fingerprint density at radius 3 is 1.73 bits per heavy atom. The lowest BCUT2D eigenvalue weighted by molar-refractivity contribution is 0.668. The number of rotatable bonds is 5. The Labute approximate surface area is 368 Å². The van der Waals surface area contributed by atoms with E-state index < -0.39 is 0 Å². The highest BCUT2D eigenvalue weighted by atomic mass is 32.1. The molecule has 0 bridgehead atoms. The summed E-state index contributed by atoms with van der Waals surface area (Å²) in [7, 11) is 0.